The van der Waals surface area contributed by atoms with E-state index in [9.17, 15) is 0 Å². The zero-order valence-corrected chi connectivity index (χ0v) is 8.26. The van der Waals surface area contributed by atoms with Crippen LogP contribution in [0.5, 0.6) is 0 Å². The summed E-state index contributed by atoms with van der Waals surface area (Å²) in [6.45, 7) is 0.317. The Hall–Kier alpha value is 1.42. The number of hydrogen-bond donors (Lipinski definition) is 2. The molecule has 0 aromatic heterocycles. The zero-order chi connectivity index (χ0) is 5.70. The largest absolute Gasteiger partial charge is 1.00 e. The summed E-state index contributed by atoms with van der Waals surface area (Å²) in [5, 5.41) is 16.6. The first-order valence-corrected chi connectivity index (χ1v) is 2.93. The fraction of sp³-hybridized carbons (Fsp3) is 1.00. The molecule has 0 aliphatic carbocycles. The summed E-state index contributed by atoms with van der Waals surface area (Å²) < 4.78 is 4.26. The smallest absolute Gasteiger partial charge is 1.00 e. The molecule has 2 N–H and O–H groups in total. The van der Waals surface area contributed by atoms with Crippen molar-refractivity contribution in [3.8, 4) is 0 Å². The second-order valence-corrected chi connectivity index (χ2v) is 1.68. The van der Waals surface area contributed by atoms with Crippen LogP contribution in [0.15, 0.2) is 0 Å². The normalized spacial score (nSPS) is 7.88. The van der Waals surface area contributed by atoms with Crippen LogP contribution in [0.2, 0.25) is 0 Å². The van der Waals surface area contributed by atoms with Crippen LogP contribution >= 0.6 is 15.9 Å². The molecule has 0 heterocycles. The third-order valence-corrected chi connectivity index (χ3v) is 0.668. The average molecular weight is 193 g/mol. The molecule has 0 aromatic rings. The summed E-state index contributed by atoms with van der Waals surface area (Å²) in [6.07, 6.45) is 0. The quantitative estimate of drug-likeness (QED) is 0.360. The van der Waals surface area contributed by atoms with Gasteiger partial charge in [-0.25, -0.2) is 0 Å². The van der Waals surface area contributed by atoms with Gasteiger partial charge in [0.25, 0.3) is 0 Å². The average Bonchev–Trinajstić information content (AvgIpc) is 1.61. The van der Waals surface area contributed by atoms with Crippen LogP contribution in [-0.4, -0.2) is 29.3 Å². The topological polar surface area (TPSA) is 49.7 Å². The second-order valence-electron chi connectivity index (χ2n) is 0.886. The van der Waals surface area contributed by atoms with E-state index < -0.39 is 7.32 Å². The van der Waals surface area contributed by atoms with Crippen LogP contribution in [0.25, 0.3) is 0 Å². The van der Waals surface area contributed by atoms with E-state index in [0.29, 0.717) is 11.9 Å². The molecule has 0 radical (unpaired) electrons. The van der Waals surface area contributed by atoms with E-state index in [0.717, 1.165) is 0 Å². The van der Waals surface area contributed by atoms with E-state index in [4.69, 9.17) is 10.0 Å². The first-order chi connectivity index (χ1) is 3.27. The molecule has 0 aliphatic rings. The molecule has 0 aliphatic heterocycles. The van der Waals surface area contributed by atoms with E-state index in [1.54, 1.807) is 0 Å². The van der Waals surface area contributed by atoms with Gasteiger partial charge in [0.15, 0.2) is 0 Å². The summed E-state index contributed by atoms with van der Waals surface area (Å²) >= 11 is 3.03. The monoisotopic (exact) mass is 192 g/mol. The maximum atomic E-state index is 8.00. The molecule has 3 nitrogen and oxygen atoms in total. The minimum Gasteiger partial charge on any atom is -1.00 e. The summed E-state index contributed by atoms with van der Waals surface area (Å²) in [6, 6.07) is 0. The van der Waals surface area contributed by atoms with Crippen molar-refractivity contribution < 1.29 is 45.7 Å². The Morgan fingerprint density at radius 1 is 1.62 bits per heavy atom. The number of hydrogen-bond acceptors (Lipinski definition) is 3. The second kappa shape index (κ2) is 8.42. The fourth-order valence-electron chi connectivity index (χ4n) is 0.150. The molecular weight excluding hydrogens is 186 g/mol. The minimum absolute atomic E-state index is 0. The van der Waals surface area contributed by atoms with Gasteiger partial charge in [0, 0.05) is 11.9 Å². The molecule has 0 spiro atoms. The van der Waals surface area contributed by atoms with Crippen molar-refractivity contribution in [2.45, 2.75) is 0 Å². The molecule has 0 unspecified atom stereocenters. The molecule has 0 amide bonds. The first-order valence-electron chi connectivity index (χ1n) is 1.81. The molecule has 0 fully saturated rings. The van der Waals surface area contributed by atoms with Gasteiger partial charge in [-0.2, -0.15) is 0 Å². The van der Waals surface area contributed by atoms with Crippen LogP contribution in [0, 0.1) is 0 Å². The van der Waals surface area contributed by atoms with Crippen LogP contribution in [0.4, 0.5) is 0 Å². The Morgan fingerprint density at radius 3 is 2.25 bits per heavy atom. The van der Waals surface area contributed by atoms with Gasteiger partial charge in [0.1, 0.15) is 0 Å². The molecule has 0 saturated carbocycles. The maximum absolute atomic E-state index is 8.00. The van der Waals surface area contributed by atoms with Gasteiger partial charge in [-0.05, 0) is 0 Å². The van der Waals surface area contributed by atoms with E-state index in [-0.39, 0.29) is 31.0 Å². The van der Waals surface area contributed by atoms with Crippen molar-refractivity contribution in [3.63, 3.8) is 0 Å². The minimum atomic E-state index is -1.63. The Morgan fingerprint density at radius 2 is 2.12 bits per heavy atom. The third-order valence-electron chi connectivity index (χ3n) is 0.344. The molecule has 6 heteroatoms. The van der Waals surface area contributed by atoms with Crippen molar-refractivity contribution in [1.29, 1.82) is 0 Å². The maximum Gasteiger partial charge on any atom is 1.00 e. The van der Waals surface area contributed by atoms with Crippen LogP contribution in [0.3, 0.4) is 0 Å². The van der Waals surface area contributed by atoms with Crippen LogP contribution < -0.4 is 29.6 Å². The molecule has 0 rings (SSSR count). The number of alkyl halides is 1. The Labute approximate surface area is 80.5 Å². The molecule has 44 valence electrons. The Balaban J connectivity index is -0.000000180. The Kier molecular flexibility index (Phi) is 12.8. The van der Waals surface area contributed by atoms with Crippen molar-refractivity contribution >= 4 is 23.3 Å². The van der Waals surface area contributed by atoms with Crippen LogP contribution in [0.1, 0.15) is 1.43 Å². The van der Waals surface area contributed by atoms with Gasteiger partial charge < -0.3 is 16.1 Å². The third kappa shape index (κ3) is 10.4. The predicted molar refractivity (Wildman–Crippen MR) is 31.0 cm³/mol. The molecule has 0 saturated heterocycles. The van der Waals surface area contributed by atoms with Gasteiger partial charge in [-0.3, -0.25) is 0 Å². The Bertz CT molecular complexity index is 50.8. The van der Waals surface area contributed by atoms with Gasteiger partial charge in [0.05, 0.1) is 0 Å². The van der Waals surface area contributed by atoms with Crippen molar-refractivity contribution in [3.05, 3.63) is 0 Å². The van der Waals surface area contributed by atoms with E-state index in [2.05, 4.69) is 20.6 Å². The van der Waals surface area contributed by atoms with Crippen molar-refractivity contribution in [2.24, 2.45) is 0 Å². The van der Waals surface area contributed by atoms with Gasteiger partial charge in [0.2, 0.25) is 0 Å². The van der Waals surface area contributed by atoms with E-state index >= 15 is 0 Å². The van der Waals surface area contributed by atoms with Gasteiger partial charge in [-0.15, -0.1) is 0 Å². The summed E-state index contributed by atoms with van der Waals surface area (Å²) in [5.41, 5.74) is 0. The zero-order valence-electron chi connectivity index (χ0n) is 5.67. The standard InChI is InChI=1S/C2H6BBrO3.Na.H/c4-1-2-7-3(5)6;;/h5-6H,1-2H2;;/q;+1;-1. The molecule has 0 bridgehead atoms. The number of halogens is 1. The molecule has 0 atom stereocenters. The van der Waals surface area contributed by atoms with Gasteiger partial charge >= 0.3 is 36.9 Å². The molecule has 0 aromatic carbocycles. The first kappa shape index (κ1) is 12.1. The van der Waals surface area contributed by atoms with Gasteiger partial charge in [-0.1, -0.05) is 15.9 Å². The van der Waals surface area contributed by atoms with Crippen LogP contribution in [-0.2, 0) is 4.65 Å². The predicted octanol–water partition coefficient (Wildman–Crippen LogP) is -3.52. The summed E-state index contributed by atoms with van der Waals surface area (Å²) in [4.78, 5) is 0. The van der Waals surface area contributed by atoms with E-state index in [1.165, 1.54) is 0 Å². The summed E-state index contributed by atoms with van der Waals surface area (Å²) in [7, 11) is -1.63. The molecular formula is C2H7BBrNaO3. The van der Waals surface area contributed by atoms with Crippen molar-refractivity contribution in [1.82, 2.24) is 0 Å². The number of rotatable bonds is 3. The van der Waals surface area contributed by atoms with Crippen molar-refractivity contribution in [2.75, 3.05) is 11.9 Å². The molecule has 8 heavy (non-hydrogen) atoms. The fourth-order valence-corrected chi connectivity index (χ4v) is 0.337. The SMILES string of the molecule is OB(O)OCCBr.[H-].[Na+]. The summed E-state index contributed by atoms with van der Waals surface area (Å²) in [5.74, 6) is 0. The van der Waals surface area contributed by atoms with E-state index in [1.807, 2.05) is 0 Å².